The Balaban J connectivity index is 1.15. The monoisotopic (exact) mass is 585 g/mol. The van der Waals surface area contributed by atoms with Crippen molar-refractivity contribution < 1.29 is 9.53 Å². The molecule has 2 amide bonds. The molecule has 0 saturated carbocycles. The summed E-state index contributed by atoms with van der Waals surface area (Å²) >= 11 is 0. The van der Waals surface area contributed by atoms with Gasteiger partial charge < -0.3 is 35.0 Å². The molecule has 3 atom stereocenters. The van der Waals surface area contributed by atoms with Gasteiger partial charge in [-0.15, -0.1) is 0 Å². The highest BCUT2D eigenvalue weighted by Gasteiger charge is 2.31. The van der Waals surface area contributed by atoms with Crippen molar-refractivity contribution in [3.8, 4) is 11.4 Å². The molecule has 228 valence electrons. The third-order valence-electron chi connectivity index (χ3n) is 8.81. The molecule has 43 heavy (non-hydrogen) atoms. The second-order valence-corrected chi connectivity index (χ2v) is 12.1. The summed E-state index contributed by atoms with van der Waals surface area (Å²) in [6.07, 6.45) is 2.24. The number of piperazine rings is 1. The number of morpholine rings is 1. The summed E-state index contributed by atoms with van der Waals surface area (Å²) in [4.78, 5) is 36.8. The molecule has 0 aliphatic carbocycles. The van der Waals surface area contributed by atoms with Gasteiger partial charge in [0.25, 0.3) is 0 Å². The highest BCUT2D eigenvalue weighted by molar-refractivity contribution is 5.99. The summed E-state index contributed by atoms with van der Waals surface area (Å²) in [5, 5.41) is 5.88. The Kier molecular flexibility index (Phi) is 8.62. The molecule has 0 spiro atoms. The molecular weight excluding hydrogens is 542 g/mol. The molecule has 3 aliphatic heterocycles. The fourth-order valence-corrected chi connectivity index (χ4v) is 6.16. The maximum atomic E-state index is 12.8. The van der Waals surface area contributed by atoms with Crippen LogP contribution in [0.4, 0.5) is 33.8 Å². The van der Waals surface area contributed by atoms with Gasteiger partial charge >= 0.3 is 6.03 Å². The van der Waals surface area contributed by atoms with Crippen LogP contribution in [0.15, 0.2) is 48.5 Å². The van der Waals surface area contributed by atoms with Crippen LogP contribution in [0, 0.1) is 0 Å². The standard InChI is InChI=1S/C32H43N9O2/c1-22-5-6-23(2)41(22)31-36-29(35-30(37-31)40-19-20-43-21-24(40)3)25-7-9-26(10-8-25)33-32(42)34-27-11-13-28(14-12-27)39-17-15-38(4)16-18-39/h7-14,22-24H,5-6,15-21H2,1-4H3,(H2,33,34,42). The van der Waals surface area contributed by atoms with E-state index >= 15 is 0 Å². The van der Waals surface area contributed by atoms with Gasteiger partial charge in [-0.1, -0.05) is 0 Å². The van der Waals surface area contributed by atoms with Gasteiger partial charge in [0, 0.05) is 67.4 Å². The largest absolute Gasteiger partial charge is 0.377 e. The van der Waals surface area contributed by atoms with E-state index in [9.17, 15) is 4.79 Å². The first-order chi connectivity index (χ1) is 20.8. The number of benzene rings is 2. The summed E-state index contributed by atoms with van der Waals surface area (Å²) in [5.74, 6) is 2.03. The predicted octanol–water partition coefficient (Wildman–Crippen LogP) is 4.54. The van der Waals surface area contributed by atoms with Crippen molar-refractivity contribution in [1.82, 2.24) is 19.9 Å². The minimum Gasteiger partial charge on any atom is -0.377 e. The van der Waals surface area contributed by atoms with Gasteiger partial charge in [0.05, 0.1) is 19.3 Å². The van der Waals surface area contributed by atoms with Crippen molar-refractivity contribution in [3.05, 3.63) is 48.5 Å². The van der Waals surface area contributed by atoms with Crippen LogP contribution in [0.2, 0.25) is 0 Å². The first-order valence-electron chi connectivity index (χ1n) is 15.4. The zero-order chi connectivity index (χ0) is 29.9. The highest BCUT2D eigenvalue weighted by Crippen LogP contribution is 2.31. The van der Waals surface area contributed by atoms with E-state index in [0.717, 1.165) is 62.8 Å². The number of carbonyl (C=O) groups excluding carboxylic acids is 1. The molecule has 3 unspecified atom stereocenters. The number of ether oxygens (including phenoxy) is 1. The highest BCUT2D eigenvalue weighted by atomic mass is 16.5. The second kappa shape index (κ2) is 12.7. The molecule has 4 heterocycles. The molecule has 2 aromatic carbocycles. The van der Waals surface area contributed by atoms with E-state index in [2.05, 4.69) is 70.2 Å². The number of rotatable bonds is 6. The van der Waals surface area contributed by atoms with E-state index in [0.29, 0.717) is 42.8 Å². The van der Waals surface area contributed by atoms with Crippen LogP contribution in [0.25, 0.3) is 11.4 Å². The van der Waals surface area contributed by atoms with Crippen LogP contribution < -0.4 is 25.3 Å². The van der Waals surface area contributed by atoms with Crippen LogP contribution in [0.1, 0.15) is 33.6 Å². The summed E-state index contributed by atoms with van der Waals surface area (Å²) < 4.78 is 5.66. The van der Waals surface area contributed by atoms with Crippen LogP contribution in [-0.2, 0) is 4.74 Å². The van der Waals surface area contributed by atoms with E-state index in [1.807, 2.05) is 36.4 Å². The van der Waals surface area contributed by atoms with Crippen molar-refractivity contribution in [3.63, 3.8) is 0 Å². The molecule has 3 aliphatic rings. The molecule has 0 radical (unpaired) electrons. The fraction of sp³-hybridized carbons (Fsp3) is 0.500. The van der Waals surface area contributed by atoms with Crippen molar-refractivity contribution in [2.45, 2.75) is 51.7 Å². The number of hydrogen-bond acceptors (Lipinski definition) is 9. The fourth-order valence-electron chi connectivity index (χ4n) is 6.16. The zero-order valence-electron chi connectivity index (χ0n) is 25.7. The Labute approximate surface area is 254 Å². The quantitative estimate of drug-likeness (QED) is 0.432. The third kappa shape index (κ3) is 6.67. The number of carbonyl (C=O) groups is 1. The summed E-state index contributed by atoms with van der Waals surface area (Å²) in [5.41, 5.74) is 3.49. The lowest BCUT2D eigenvalue weighted by atomic mass is 10.2. The minimum atomic E-state index is -0.289. The summed E-state index contributed by atoms with van der Waals surface area (Å²) in [6, 6.07) is 16.3. The van der Waals surface area contributed by atoms with Crippen LogP contribution >= 0.6 is 0 Å². The van der Waals surface area contributed by atoms with Crippen LogP contribution in [0.5, 0.6) is 0 Å². The van der Waals surface area contributed by atoms with E-state index in [4.69, 9.17) is 19.7 Å². The van der Waals surface area contributed by atoms with Crippen LogP contribution in [0.3, 0.4) is 0 Å². The number of likely N-dealkylation sites (N-methyl/N-ethyl adjacent to an activating group) is 1. The Bertz CT molecular complexity index is 1380. The molecule has 3 saturated heterocycles. The minimum absolute atomic E-state index is 0.179. The molecule has 0 bridgehead atoms. The average molecular weight is 586 g/mol. The number of nitrogens with zero attached hydrogens (tertiary/aromatic N) is 7. The van der Waals surface area contributed by atoms with E-state index in [1.165, 1.54) is 5.69 Å². The normalized spacial score (nSPS) is 23.0. The lowest BCUT2D eigenvalue weighted by Gasteiger charge is -2.34. The lowest BCUT2D eigenvalue weighted by molar-refractivity contribution is 0.0981. The predicted molar refractivity (Wildman–Crippen MR) is 172 cm³/mol. The number of aromatic nitrogens is 3. The number of anilines is 5. The topological polar surface area (TPSA) is 102 Å². The average Bonchev–Trinajstić information content (AvgIpc) is 3.35. The van der Waals surface area contributed by atoms with Crippen molar-refractivity contribution in [1.29, 1.82) is 0 Å². The molecule has 3 fully saturated rings. The number of hydrogen-bond donors (Lipinski definition) is 2. The first kappa shape index (κ1) is 29.1. The summed E-state index contributed by atoms with van der Waals surface area (Å²) in [7, 11) is 2.15. The van der Waals surface area contributed by atoms with Gasteiger partial charge in [-0.05, 0) is 89.2 Å². The smallest absolute Gasteiger partial charge is 0.323 e. The Hall–Kier alpha value is -3.96. The molecule has 2 N–H and O–H groups in total. The van der Waals surface area contributed by atoms with Crippen molar-refractivity contribution in [2.24, 2.45) is 0 Å². The molecule has 11 heteroatoms. The molecule has 11 nitrogen and oxygen atoms in total. The second-order valence-electron chi connectivity index (χ2n) is 12.1. The maximum absolute atomic E-state index is 12.8. The van der Waals surface area contributed by atoms with Crippen LogP contribution in [-0.4, -0.2) is 97.0 Å². The van der Waals surface area contributed by atoms with E-state index < -0.39 is 0 Å². The number of amides is 2. The van der Waals surface area contributed by atoms with E-state index in [1.54, 1.807) is 0 Å². The van der Waals surface area contributed by atoms with E-state index in [-0.39, 0.29) is 12.1 Å². The SMILES string of the molecule is CC1COCCN1c1nc(-c2ccc(NC(=O)Nc3ccc(N4CCN(C)CC4)cc3)cc2)nc(N2C(C)CCC2C)n1. The Morgan fingerprint density at radius 1 is 0.767 bits per heavy atom. The van der Waals surface area contributed by atoms with Gasteiger partial charge in [0.2, 0.25) is 11.9 Å². The molecule has 1 aromatic heterocycles. The first-order valence-corrected chi connectivity index (χ1v) is 15.4. The Morgan fingerprint density at radius 3 is 2.00 bits per heavy atom. The van der Waals surface area contributed by atoms with Gasteiger partial charge in [-0.3, -0.25) is 0 Å². The lowest BCUT2D eigenvalue weighted by Crippen LogP contribution is -2.45. The molecule has 3 aromatic rings. The van der Waals surface area contributed by atoms with Gasteiger partial charge in [-0.2, -0.15) is 15.0 Å². The number of urea groups is 1. The van der Waals surface area contributed by atoms with Crippen molar-refractivity contribution in [2.75, 3.05) is 78.3 Å². The zero-order valence-corrected chi connectivity index (χ0v) is 25.7. The van der Waals surface area contributed by atoms with Crippen molar-refractivity contribution >= 4 is 35.0 Å². The molecular formula is C32H43N9O2. The van der Waals surface area contributed by atoms with Gasteiger partial charge in [0.15, 0.2) is 5.82 Å². The number of nitrogens with one attached hydrogen (secondary N) is 2. The maximum Gasteiger partial charge on any atom is 0.323 e. The Morgan fingerprint density at radius 2 is 1.37 bits per heavy atom. The van der Waals surface area contributed by atoms with Gasteiger partial charge in [-0.25, -0.2) is 4.79 Å². The third-order valence-corrected chi connectivity index (χ3v) is 8.81. The molecule has 6 rings (SSSR count). The van der Waals surface area contributed by atoms with Gasteiger partial charge in [0.1, 0.15) is 0 Å². The summed E-state index contributed by atoms with van der Waals surface area (Å²) in [6.45, 7) is 12.8.